The van der Waals surface area contributed by atoms with Gasteiger partial charge in [-0.2, -0.15) is 0 Å². The van der Waals surface area contributed by atoms with Crippen molar-refractivity contribution in [1.82, 2.24) is 19.9 Å². The van der Waals surface area contributed by atoms with Gasteiger partial charge in [0.25, 0.3) is 0 Å². The van der Waals surface area contributed by atoms with Gasteiger partial charge in [-0.25, -0.2) is 4.68 Å². The molecule has 6 nitrogen and oxygen atoms in total. The highest BCUT2D eigenvalue weighted by atomic mass is 32.2. The number of hydrogen-bond donors (Lipinski definition) is 0. The van der Waals surface area contributed by atoms with Crippen molar-refractivity contribution in [2.75, 3.05) is 20.2 Å². The van der Waals surface area contributed by atoms with Crippen LogP contribution in [0.1, 0.15) is 41.3 Å². The van der Waals surface area contributed by atoms with Crippen molar-refractivity contribution < 1.29 is 9.53 Å². The summed E-state index contributed by atoms with van der Waals surface area (Å²) in [6, 6.07) is 40.1. The first-order valence-corrected chi connectivity index (χ1v) is 15.9. The third kappa shape index (κ3) is 6.70. The van der Waals surface area contributed by atoms with Crippen molar-refractivity contribution in [1.29, 1.82) is 0 Å². The third-order valence-corrected chi connectivity index (χ3v) is 9.00. The van der Waals surface area contributed by atoms with Gasteiger partial charge < -0.3 is 4.74 Å². The highest BCUT2D eigenvalue weighted by Crippen LogP contribution is 2.44. The lowest BCUT2D eigenvalue weighted by molar-refractivity contribution is -0.109. The lowest BCUT2D eigenvalue weighted by Crippen LogP contribution is -2.50. The van der Waals surface area contributed by atoms with E-state index in [0.717, 1.165) is 34.8 Å². The van der Waals surface area contributed by atoms with Crippen LogP contribution in [0.3, 0.4) is 0 Å². The maximum absolute atomic E-state index is 12.6. The Bertz CT molecular complexity index is 1690. The van der Waals surface area contributed by atoms with Crippen LogP contribution in [0.5, 0.6) is 5.75 Å². The maximum Gasteiger partial charge on any atom is 0.190 e. The second kappa shape index (κ2) is 13.9. The quantitative estimate of drug-likeness (QED) is 0.152. The fourth-order valence-electron chi connectivity index (χ4n) is 6.15. The molecule has 7 heteroatoms. The van der Waals surface area contributed by atoms with Gasteiger partial charge in [0.2, 0.25) is 0 Å². The molecule has 4 aromatic carbocycles. The Hall–Kier alpha value is -4.72. The van der Waals surface area contributed by atoms with Gasteiger partial charge in [-0.15, -0.1) is 5.10 Å². The normalized spacial score (nSPS) is 14.2. The van der Waals surface area contributed by atoms with Crippen LogP contribution in [0.2, 0.25) is 0 Å². The second-order valence-corrected chi connectivity index (χ2v) is 12.3. The topological polar surface area (TPSA) is 60.2 Å². The minimum absolute atomic E-state index is 0.0327. The van der Waals surface area contributed by atoms with Crippen LogP contribution in [-0.4, -0.2) is 45.2 Å². The third-order valence-electron chi connectivity index (χ3n) is 8.11. The summed E-state index contributed by atoms with van der Waals surface area (Å²) in [4.78, 5) is 16.0. The number of nitrogens with zero attached hydrogens (tertiary/aromatic N) is 4. The predicted molar refractivity (Wildman–Crippen MR) is 182 cm³/mol. The van der Waals surface area contributed by atoms with Crippen LogP contribution in [-0.2, 0) is 16.9 Å². The number of ether oxygens (including phenoxy) is 1. The minimum atomic E-state index is -0.531. The van der Waals surface area contributed by atoms with Crippen LogP contribution in [0, 0.1) is 0 Å². The molecule has 45 heavy (non-hydrogen) atoms. The average Bonchev–Trinajstić information content (AvgIpc) is 3.53. The summed E-state index contributed by atoms with van der Waals surface area (Å²) in [5, 5.41) is 8.85. The van der Waals surface area contributed by atoms with Crippen LogP contribution >= 0.6 is 11.8 Å². The summed E-state index contributed by atoms with van der Waals surface area (Å²) < 4.78 is 7.10. The number of hydrogen-bond acceptors (Lipinski definition) is 6. The van der Waals surface area contributed by atoms with Gasteiger partial charge in [0.1, 0.15) is 11.4 Å². The van der Waals surface area contributed by atoms with Crippen LogP contribution in [0.15, 0.2) is 138 Å². The molecule has 0 saturated heterocycles. The zero-order chi connectivity index (χ0) is 31.1. The van der Waals surface area contributed by atoms with E-state index < -0.39 is 5.54 Å². The summed E-state index contributed by atoms with van der Waals surface area (Å²) in [6.45, 7) is 3.72. The molecular formula is C38H36N4O2S. The van der Waals surface area contributed by atoms with Gasteiger partial charge in [0.05, 0.1) is 25.4 Å². The molecule has 0 N–H and O–H groups in total. The molecule has 1 aromatic heterocycles. The van der Waals surface area contributed by atoms with E-state index in [1.165, 1.54) is 28.5 Å². The Morgan fingerprint density at radius 1 is 0.867 bits per heavy atom. The molecule has 0 fully saturated rings. The zero-order valence-corrected chi connectivity index (χ0v) is 26.4. The van der Waals surface area contributed by atoms with E-state index in [0.29, 0.717) is 18.8 Å². The Kier molecular flexibility index (Phi) is 9.38. The lowest BCUT2D eigenvalue weighted by Gasteiger charge is -2.47. The molecule has 0 saturated carbocycles. The number of rotatable bonds is 10. The smallest absolute Gasteiger partial charge is 0.190 e. The van der Waals surface area contributed by atoms with Crippen molar-refractivity contribution in [2.24, 2.45) is 0 Å². The fraction of sp³-hybridized carbons (Fsp3) is 0.184. The highest BCUT2D eigenvalue weighted by molar-refractivity contribution is 8.17. The second-order valence-electron chi connectivity index (χ2n) is 11.0. The van der Waals surface area contributed by atoms with Crippen molar-refractivity contribution in [2.45, 2.75) is 25.4 Å². The Morgan fingerprint density at radius 3 is 1.98 bits per heavy atom. The van der Waals surface area contributed by atoms with Crippen LogP contribution in [0.4, 0.5) is 0 Å². The van der Waals surface area contributed by atoms with E-state index >= 15 is 0 Å². The molecule has 0 radical (unpaired) electrons. The molecular weight excluding hydrogens is 577 g/mol. The largest absolute Gasteiger partial charge is 0.497 e. The average molecular weight is 613 g/mol. The van der Waals surface area contributed by atoms with Gasteiger partial charge in [-0.1, -0.05) is 126 Å². The van der Waals surface area contributed by atoms with Gasteiger partial charge >= 0.3 is 0 Å². The molecule has 0 bridgehead atoms. The van der Waals surface area contributed by atoms with E-state index in [9.17, 15) is 4.79 Å². The van der Waals surface area contributed by atoms with Gasteiger partial charge in [0, 0.05) is 24.9 Å². The number of carbonyl (C=O) groups excluding carboxylic acids is 1. The van der Waals surface area contributed by atoms with Crippen molar-refractivity contribution >= 4 is 23.0 Å². The molecule has 226 valence electrons. The molecule has 1 aliphatic rings. The predicted octanol–water partition coefficient (Wildman–Crippen LogP) is 7.58. The number of aromatic nitrogens is 3. The first-order valence-electron chi connectivity index (χ1n) is 15.1. The maximum atomic E-state index is 12.6. The van der Waals surface area contributed by atoms with E-state index in [1.54, 1.807) is 14.0 Å². The van der Waals surface area contributed by atoms with E-state index in [2.05, 4.69) is 112 Å². The molecule has 0 atom stereocenters. The van der Waals surface area contributed by atoms with E-state index in [4.69, 9.17) is 4.74 Å². The first-order chi connectivity index (χ1) is 22.1. The van der Waals surface area contributed by atoms with Gasteiger partial charge in [-0.05, 0) is 52.5 Å². The highest BCUT2D eigenvalue weighted by Gasteiger charge is 2.43. The molecule has 0 unspecified atom stereocenters. The number of benzene rings is 4. The summed E-state index contributed by atoms with van der Waals surface area (Å²) in [7, 11) is 1.66. The summed E-state index contributed by atoms with van der Waals surface area (Å²) in [6.07, 6.45) is 7.04. The van der Waals surface area contributed by atoms with E-state index in [-0.39, 0.29) is 5.12 Å². The van der Waals surface area contributed by atoms with Gasteiger partial charge in [-0.3, -0.25) is 9.69 Å². The van der Waals surface area contributed by atoms with E-state index in [1.807, 2.05) is 41.2 Å². The van der Waals surface area contributed by atoms with Crippen LogP contribution < -0.4 is 4.74 Å². The van der Waals surface area contributed by atoms with Crippen molar-refractivity contribution in [3.63, 3.8) is 0 Å². The zero-order valence-electron chi connectivity index (χ0n) is 25.5. The number of methoxy groups -OCH3 is 1. The molecule has 2 heterocycles. The molecule has 6 rings (SSSR count). The standard InChI is InChI=1S/C38H36N4O2S/c1-29(43)45-37(25-35-28-42(40-39-35)26-30-20-22-36(44-2)23-21-30)31-13-12-24-41(27-31)38(32-14-6-3-7-15-32,33-16-8-4-9-17-33)34-18-10-5-11-19-34/h3-11,13-23,25,28H,12,24,26-27H2,1-2H3. The summed E-state index contributed by atoms with van der Waals surface area (Å²) in [5.74, 6) is 0.817. The Balaban J connectivity index is 1.37. The fourth-order valence-corrected chi connectivity index (χ4v) is 6.91. The van der Waals surface area contributed by atoms with Gasteiger partial charge in [0.15, 0.2) is 5.12 Å². The SMILES string of the molecule is COc1ccc(Cn2cc(C=C(SC(C)=O)C3=CCCN(C(c4ccccc4)(c4ccccc4)c4ccccc4)C3)nn2)cc1. The molecule has 5 aromatic rings. The number of carbonyl (C=O) groups is 1. The Labute approximate surface area is 269 Å². The number of thioether (sulfide) groups is 1. The summed E-state index contributed by atoms with van der Waals surface area (Å²) >= 11 is 1.25. The minimum Gasteiger partial charge on any atom is -0.497 e. The van der Waals surface area contributed by atoms with Crippen molar-refractivity contribution in [3.05, 3.63) is 166 Å². The molecule has 0 amide bonds. The molecule has 0 spiro atoms. The monoisotopic (exact) mass is 612 g/mol. The Morgan fingerprint density at radius 2 is 1.44 bits per heavy atom. The van der Waals surface area contributed by atoms with Crippen molar-refractivity contribution in [3.8, 4) is 5.75 Å². The summed E-state index contributed by atoms with van der Waals surface area (Å²) in [5.41, 5.74) is 6.00. The van der Waals surface area contributed by atoms with Crippen LogP contribution in [0.25, 0.3) is 6.08 Å². The molecule has 0 aliphatic carbocycles. The lowest BCUT2D eigenvalue weighted by atomic mass is 9.74. The first kappa shape index (κ1) is 30.3. The molecule has 1 aliphatic heterocycles.